The number of hydrogen-bond acceptors (Lipinski definition) is 1. The van der Waals surface area contributed by atoms with Gasteiger partial charge < -0.3 is 4.90 Å². The van der Waals surface area contributed by atoms with E-state index in [0.29, 0.717) is 0 Å². The maximum atomic E-state index is 2.35. The largest absolute Gasteiger partial charge is 0.311 e. The van der Waals surface area contributed by atoms with Gasteiger partial charge in [0, 0.05) is 17.1 Å². The second-order valence-corrected chi connectivity index (χ2v) is 20.1. The Morgan fingerprint density at radius 1 is 0.237 bits per heavy atom. The number of benzene rings is 14. The predicted octanol–water partition coefficient (Wildman–Crippen LogP) is 21.2. The van der Waals surface area contributed by atoms with E-state index in [-0.39, 0.29) is 0 Å². The minimum absolute atomic E-state index is 1.10. The average molecular weight is 966 g/mol. The highest BCUT2D eigenvalue weighted by molar-refractivity contribution is 6.25. The third-order valence-electron chi connectivity index (χ3n) is 15.5. The van der Waals surface area contributed by atoms with Crippen molar-refractivity contribution >= 4 is 93.8 Å². The lowest BCUT2D eigenvalue weighted by Crippen LogP contribution is -2.09. The van der Waals surface area contributed by atoms with Crippen molar-refractivity contribution in [2.75, 3.05) is 4.90 Å². The smallest absolute Gasteiger partial charge is 0.0462 e. The molecule has 0 amide bonds. The van der Waals surface area contributed by atoms with E-state index in [1.54, 1.807) is 0 Å². The number of rotatable bonds is 9. The molecule has 76 heavy (non-hydrogen) atoms. The van der Waals surface area contributed by atoms with Crippen LogP contribution in [0.25, 0.3) is 121 Å². The normalized spacial score (nSPS) is 11.7. The van der Waals surface area contributed by atoms with Crippen LogP contribution in [0, 0.1) is 6.92 Å². The number of fused-ring (bicyclic) bond motifs is 10. The van der Waals surface area contributed by atoms with Gasteiger partial charge in [-0.05, 0) is 164 Å². The Morgan fingerprint density at radius 3 is 1.11 bits per heavy atom. The van der Waals surface area contributed by atoms with Crippen molar-refractivity contribution in [1.29, 1.82) is 0 Å². The van der Waals surface area contributed by atoms with E-state index in [1.165, 1.54) is 120 Å². The average Bonchev–Trinajstić information content (AvgIpc) is 3.50. The van der Waals surface area contributed by atoms with Crippen molar-refractivity contribution in [3.05, 3.63) is 296 Å². The summed E-state index contributed by atoms with van der Waals surface area (Å²) in [6.45, 7) is 2.16. The van der Waals surface area contributed by atoms with Crippen LogP contribution in [0.4, 0.5) is 17.1 Å². The first-order valence-electron chi connectivity index (χ1n) is 26.3. The summed E-state index contributed by atoms with van der Waals surface area (Å²) in [6, 6.07) is 103. The fourth-order valence-corrected chi connectivity index (χ4v) is 11.7. The van der Waals surface area contributed by atoms with Gasteiger partial charge in [0.15, 0.2) is 0 Å². The summed E-state index contributed by atoms with van der Waals surface area (Å²) in [6.07, 6.45) is 4.34. The standard InChI is InChI=1S/C75H51N/c1-50-20-26-57(27-21-50)66-44-42-64(70-48-46-68-62-18-10-8-14-53(62)34-40-72(68)74(66)70)55-28-30-58(31-29-55)67-45-43-65(71-49-47-69-63-19-11-9-15-54(63)35-41-73(69)75(67)71)56-32-38-61(39-33-56)76(59-16-6-3-7-17-59)60-36-24-52(25-37-60)23-22-51-12-4-2-5-13-51/h2-49H,1H3. The summed E-state index contributed by atoms with van der Waals surface area (Å²) in [5.41, 5.74) is 16.6. The van der Waals surface area contributed by atoms with E-state index in [2.05, 4.69) is 303 Å². The molecule has 14 aromatic rings. The zero-order valence-electron chi connectivity index (χ0n) is 42.2. The van der Waals surface area contributed by atoms with E-state index in [1.807, 2.05) is 0 Å². The van der Waals surface area contributed by atoms with Gasteiger partial charge in [0.2, 0.25) is 0 Å². The molecular formula is C75H51N. The summed E-state index contributed by atoms with van der Waals surface area (Å²) < 4.78 is 0. The number of anilines is 3. The van der Waals surface area contributed by atoms with Crippen molar-refractivity contribution in [2.45, 2.75) is 6.92 Å². The van der Waals surface area contributed by atoms with Crippen molar-refractivity contribution < 1.29 is 0 Å². The number of nitrogens with zero attached hydrogens (tertiary/aromatic N) is 1. The Hall–Kier alpha value is -9.82. The molecule has 0 heterocycles. The lowest BCUT2D eigenvalue weighted by molar-refractivity contribution is 1.28. The topological polar surface area (TPSA) is 3.24 Å². The Balaban J connectivity index is 0.869. The molecule has 0 aliphatic heterocycles. The van der Waals surface area contributed by atoms with Gasteiger partial charge in [-0.2, -0.15) is 0 Å². The molecule has 1 nitrogen and oxygen atoms in total. The first-order chi connectivity index (χ1) is 37.6. The fourth-order valence-electron chi connectivity index (χ4n) is 11.7. The van der Waals surface area contributed by atoms with Crippen LogP contribution < -0.4 is 4.90 Å². The minimum atomic E-state index is 1.10. The lowest BCUT2D eigenvalue weighted by atomic mass is 9.86. The molecule has 14 rings (SSSR count). The molecule has 0 aliphatic rings. The Morgan fingerprint density at radius 2 is 0.592 bits per heavy atom. The Bertz CT molecular complexity index is 4520. The Kier molecular flexibility index (Phi) is 11.2. The van der Waals surface area contributed by atoms with E-state index >= 15 is 0 Å². The van der Waals surface area contributed by atoms with Crippen molar-refractivity contribution in [3.8, 4) is 44.5 Å². The second-order valence-electron chi connectivity index (χ2n) is 20.1. The number of para-hydroxylation sites is 1. The highest BCUT2D eigenvalue weighted by Crippen LogP contribution is 2.45. The van der Waals surface area contributed by atoms with Crippen LogP contribution in [0.5, 0.6) is 0 Å². The molecule has 0 aromatic heterocycles. The van der Waals surface area contributed by atoms with Crippen molar-refractivity contribution in [3.63, 3.8) is 0 Å². The van der Waals surface area contributed by atoms with Crippen molar-refractivity contribution in [1.82, 2.24) is 0 Å². The van der Waals surface area contributed by atoms with Crippen LogP contribution in [-0.4, -0.2) is 0 Å². The van der Waals surface area contributed by atoms with Gasteiger partial charge in [-0.15, -0.1) is 0 Å². The van der Waals surface area contributed by atoms with Gasteiger partial charge in [-0.3, -0.25) is 0 Å². The van der Waals surface area contributed by atoms with Gasteiger partial charge >= 0.3 is 0 Å². The molecule has 0 saturated carbocycles. The number of hydrogen-bond donors (Lipinski definition) is 0. The van der Waals surface area contributed by atoms with E-state index in [0.717, 1.165) is 22.6 Å². The molecule has 1 heteroatoms. The summed E-state index contributed by atoms with van der Waals surface area (Å²) >= 11 is 0. The molecule has 0 fully saturated rings. The third kappa shape index (κ3) is 7.98. The maximum Gasteiger partial charge on any atom is 0.0462 e. The molecule has 0 spiro atoms. The first kappa shape index (κ1) is 44.8. The quantitative estimate of drug-likeness (QED) is 0.103. The van der Waals surface area contributed by atoms with Gasteiger partial charge in [0.1, 0.15) is 0 Å². The molecule has 0 atom stereocenters. The zero-order chi connectivity index (χ0) is 50.5. The highest BCUT2D eigenvalue weighted by Gasteiger charge is 2.19. The molecule has 0 bridgehead atoms. The third-order valence-corrected chi connectivity index (χ3v) is 15.5. The van der Waals surface area contributed by atoms with Crippen LogP contribution in [0.15, 0.2) is 279 Å². The lowest BCUT2D eigenvalue weighted by Gasteiger charge is -2.26. The molecule has 14 aromatic carbocycles. The molecule has 0 radical (unpaired) electrons. The molecule has 356 valence electrons. The summed E-state index contributed by atoms with van der Waals surface area (Å²) in [5, 5.41) is 15.1. The molecule has 0 saturated heterocycles. The Labute approximate surface area is 443 Å². The minimum Gasteiger partial charge on any atom is -0.311 e. The summed E-state index contributed by atoms with van der Waals surface area (Å²) in [5.74, 6) is 0. The van der Waals surface area contributed by atoms with E-state index in [4.69, 9.17) is 0 Å². The van der Waals surface area contributed by atoms with Crippen LogP contribution in [0.1, 0.15) is 16.7 Å². The summed E-state index contributed by atoms with van der Waals surface area (Å²) in [4.78, 5) is 2.34. The van der Waals surface area contributed by atoms with Crippen LogP contribution in [-0.2, 0) is 0 Å². The fraction of sp³-hybridized carbons (Fsp3) is 0.0133. The molecule has 0 aliphatic carbocycles. The molecular weight excluding hydrogens is 915 g/mol. The SMILES string of the molecule is Cc1ccc(-c2ccc(-c3ccc(-c4ccc(-c5ccc(N(c6ccccc6)c6ccc(C=Cc7ccccc7)cc6)cc5)c5ccc6c7ccccc7ccc6c45)cc3)c3ccc4c5ccccc5ccc4c23)cc1. The molecule has 0 N–H and O–H groups in total. The van der Waals surface area contributed by atoms with Crippen molar-refractivity contribution in [2.24, 2.45) is 0 Å². The van der Waals surface area contributed by atoms with Crippen LogP contribution in [0.3, 0.4) is 0 Å². The second kappa shape index (κ2) is 18.9. The van der Waals surface area contributed by atoms with Crippen LogP contribution in [0.2, 0.25) is 0 Å². The maximum absolute atomic E-state index is 2.35. The number of aryl methyl sites for hydroxylation is 1. The van der Waals surface area contributed by atoms with Gasteiger partial charge in [0.25, 0.3) is 0 Å². The zero-order valence-corrected chi connectivity index (χ0v) is 42.2. The van der Waals surface area contributed by atoms with Crippen LogP contribution >= 0.6 is 0 Å². The highest BCUT2D eigenvalue weighted by atomic mass is 15.1. The first-order valence-corrected chi connectivity index (χ1v) is 26.3. The van der Waals surface area contributed by atoms with E-state index < -0.39 is 0 Å². The van der Waals surface area contributed by atoms with Gasteiger partial charge in [0.05, 0.1) is 0 Å². The monoisotopic (exact) mass is 965 g/mol. The van der Waals surface area contributed by atoms with Gasteiger partial charge in [-0.1, -0.05) is 260 Å². The van der Waals surface area contributed by atoms with Gasteiger partial charge in [-0.25, -0.2) is 0 Å². The predicted molar refractivity (Wildman–Crippen MR) is 328 cm³/mol. The summed E-state index contributed by atoms with van der Waals surface area (Å²) in [7, 11) is 0. The van der Waals surface area contributed by atoms with E-state index in [9.17, 15) is 0 Å². The molecule has 0 unspecified atom stereocenters.